The molecule has 0 unspecified atom stereocenters. The Morgan fingerprint density at radius 2 is 2.00 bits per heavy atom. The van der Waals surface area contributed by atoms with Gasteiger partial charge in [-0.05, 0) is 25.0 Å². The molecule has 0 bridgehead atoms. The number of hydrogen-bond acceptors (Lipinski definition) is 3. The number of halogens is 1. The fourth-order valence-electron chi connectivity index (χ4n) is 1.80. The van der Waals surface area contributed by atoms with Crippen molar-refractivity contribution < 1.29 is 4.42 Å². The molecule has 4 heteroatoms. The average Bonchev–Trinajstić information content (AvgIpc) is 2.78. The van der Waals surface area contributed by atoms with Gasteiger partial charge in [0.2, 0.25) is 0 Å². The highest BCUT2D eigenvalue weighted by Gasteiger charge is 2.26. The fourth-order valence-corrected chi connectivity index (χ4v) is 2.25. The zero-order valence-corrected chi connectivity index (χ0v) is 10.9. The Labute approximate surface area is 106 Å². The summed E-state index contributed by atoms with van der Waals surface area (Å²) in [6, 6.07) is 8.28. The Hall–Kier alpha value is -1.22. The molecule has 1 N–H and O–H groups in total. The van der Waals surface area contributed by atoms with Gasteiger partial charge in [-0.15, -0.1) is 11.6 Å². The predicted molar refractivity (Wildman–Crippen MR) is 71.7 cm³/mol. The smallest absolute Gasteiger partial charge is 0.296 e. The van der Waals surface area contributed by atoms with Gasteiger partial charge in [-0.2, -0.15) is 4.98 Å². The van der Waals surface area contributed by atoms with Gasteiger partial charge in [0.05, 0.1) is 5.54 Å². The standard InChI is InChI=1S/C13H17ClN2O/c1-3-13(4-2,9-14)16-12-15-10-7-5-6-8-11(10)17-12/h5-8H,3-4,9H2,1-2H3,(H,15,16). The van der Waals surface area contributed by atoms with Crippen molar-refractivity contribution in [2.45, 2.75) is 32.2 Å². The lowest BCUT2D eigenvalue weighted by atomic mass is 9.96. The SMILES string of the molecule is CCC(CC)(CCl)Nc1nc2ccccc2o1. The summed E-state index contributed by atoms with van der Waals surface area (Å²) in [5.74, 6) is 0.540. The first-order chi connectivity index (χ1) is 8.23. The minimum atomic E-state index is -0.136. The molecular formula is C13H17ClN2O. The maximum atomic E-state index is 6.04. The number of hydrogen-bond donors (Lipinski definition) is 1. The molecule has 0 saturated carbocycles. The number of fused-ring (bicyclic) bond motifs is 1. The molecule has 0 aliphatic carbocycles. The number of rotatable bonds is 5. The summed E-state index contributed by atoms with van der Waals surface area (Å²) < 4.78 is 5.65. The van der Waals surface area contributed by atoms with Crippen molar-refractivity contribution in [3.63, 3.8) is 0 Å². The number of nitrogens with one attached hydrogen (secondary N) is 1. The van der Waals surface area contributed by atoms with E-state index in [0.29, 0.717) is 11.9 Å². The quantitative estimate of drug-likeness (QED) is 0.817. The first-order valence-electron chi connectivity index (χ1n) is 5.92. The maximum absolute atomic E-state index is 6.04. The highest BCUT2D eigenvalue weighted by atomic mass is 35.5. The van der Waals surface area contributed by atoms with Crippen LogP contribution in [0.2, 0.25) is 0 Å². The van der Waals surface area contributed by atoms with E-state index in [1.165, 1.54) is 0 Å². The summed E-state index contributed by atoms with van der Waals surface area (Å²) in [7, 11) is 0. The van der Waals surface area contributed by atoms with E-state index in [1.54, 1.807) is 0 Å². The zero-order chi connectivity index (χ0) is 12.3. The van der Waals surface area contributed by atoms with Crippen LogP contribution in [0.3, 0.4) is 0 Å². The number of oxazole rings is 1. The summed E-state index contributed by atoms with van der Waals surface area (Å²) in [5.41, 5.74) is 1.53. The van der Waals surface area contributed by atoms with Gasteiger partial charge in [0.15, 0.2) is 5.58 Å². The molecule has 0 aliphatic heterocycles. The number of benzene rings is 1. The molecule has 2 aromatic rings. The predicted octanol–water partition coefficient (Wildman–Crippen LogP) is 4.04. The van der Waals surface area contributed by atoms with Crippen LogP contribution in [0.15, 0.2) is 28.7 Å². The molecular weight excluding hydrogens is 236 g/mol. The van der Waals surface area contributed by atoms with Crippen LogP contribution in [0, 0.1) is 0 Å². The van der Waals surface area contributed by atoms with Gasteiger partial charge in [-0.25, -0.2) is 0 Å². The minimum absolute atomic E-state index is 0.136. The van der Waals surface area contributed by atoms with Crippen LogP contribution >= 0.6 is 11.6 Å². The monoisotopic (exact) mass is 252 g/mol. The van der Waals surface area contributed by atoms with Gasteiger partial charge < -0.3 is 9.73 Å². The summed E-state index contributed by atoms with van der Waals surface area (Å²) in [5, 5.41) is 3.32. The first-order valence-corrected chi connectivity index (χ1v) is 6.46. The van der Waals surface area contributed by atoms with Gasteiger partial charge in [-0.1, -0.05) is 26.0 Å². The zero-order valence-electron chi connectivity index (χ0n) is 10.2. The van der Waals surface area contributed by atoms with Gasteiger partial charge >= 0.3 is 0 Å². The topological polar surface area (TPSA) is 38.1 Å². The van der Waals surface area contributed by atoms with Gasteiger partial charge in [0, 0.05) is 5.88 Å². The lowest BCUT2D eigenvalue weighted by Gasteiger charge is -2.29. The minimum Gasteiger partial charge on any atom is -0.424 e. The van der Waals surface area contributed by atoms with E-state index < -0.39 is 0 Å². The van der Waals surface area contributed by atoms with E-state index in [0.717, 1.165) is 23.9 Å². The Balaban J connectivity index is 2.28. The van der Waals surface area contributed by atoms with Crippen LogP contribution in [0.1, 0.15) is 26.7 Å². The molecule has 92 valence electrons. The molecule has 3 nitrogen and oxygen atoms in total. The second-order valence-electron chi connectivity index (χ2n) is 4.23. The Bertz CT molecular complexity index is 450. The van der Waals surface area contributed by atoms with E-state index in [2.05, 4.69) is 24.1 Å². The van der Waals surface area contributed by atoms with E-state index in [1.807, 2.05) is 24.3 Å². The first kappa shape index (κ1) is 12.2. The van der Waals surface area contributed by atoms with E-state index >= 15 is 0 Å². The molecule has 0 spiro atoms. The van der Waals surface area contributed by atoms with Crippen molar-refractivity contribution in [3.8, 4) is 0 Å². The summed E-state index contributed by atoms with van der Waals surface area (Å²) in [4.78, 5) is 4.40. The van der Waals surface area contributed by atoms with Crippen LogP contribution < -0.4 is 5.32 Å². The van der Waals surface area contributed by atoms with E-state index in [9.17, 15) is 0 Å². The summed E-state index contributed by atoms with van der Waals surface area (Å²) >= 11 is 6.04. The van der Waals surface area contributed by atoms with Crippen LogP contribution in [0.5, 0.6) is 0 Å². The molecule has 2 rings (SSSR count). The number of aromatic nitrogens is 1. The molecule has 0 radical (unpaired) electrons. The van der Waals surface area contributed by atoms with Gasteiger partial charge in [0.1, 0.15) is 5.52 Å². The Morgan fingerprint density at radius 1 is 1.29 bits per heavy atom. The molecule has 0 fully saturated rings. The van der Waals surface area contributed by atoms with Crippen LogP contribution in [0.4, 0.5) is 6.01 Å². The number of para-hydroxylation sites is 2. The number of nitrogens with zero attached hydrogens (tertiary/aromatic N) is 1. The Morgan fingerprint density at radius 3 is 2.59 bits per heavy atom. The molecule has 1 aromatic heterocycles. The van der Waals surface area contributed by atoms with Gasteiger partial charge in [0.25, 0.3) is 6.01 Å². The molecule has 0 saturated heterocycles. The third kappa shape index (κ3) is 2.39. The van der Waals surface area contributed by atoms with Crippen molar-refractivity contribution in [1.82, 2.24) is 4.98 Å². The van der Waals surface area contributed by atoms with Crippen LogP contribution in [-0.4, -0.2) is 16.4 Å². The second kappa shape index (κ2) is 4.96. The van der Waals surface area contributed by atoms with E-state index in [4.69, 9.17) is 16.0 Å². The van der Waals surface area contributed by atoms with E-state index in [-0.39, 0.29) is 5.54 Å². The number of anilines is 1. The molecule has 1 heterocycles. The molecule has 17 heavy (non-hydrogen) atoms. The third-order valence-electron chi connectivity index (χ3n) is 3.28. The van der Waals surface area contributed by atoms with Crippen molar-refractivity contribution in [2.24, 2.45) is 0 Å². The van der Waals surface area contributed by atoms with Crippen LogP contribution in [-0.2, 0) is 0 Å². The molecule has 0 atom stereocenters. The van der Waals surface area contributed by atoms with Crippen molar-refractivity contribution in [1.29, 1.82) is 0 Å². The summed E-state index contributed by atoms with van der Waals surface area (Å²) in [6.07, 6.45) is 1.87. The van der Waals surface area contributed by atoms with Crippen molar-refractivity contribution in [3.05, 3.63) is 24.3 Å². The van der Waals surface area contributed by atoms with Gasteiger partial charge in [-0.3, -0.25) is 0 Å². The van der Waals surface area contributed by atoms with Crippen molar-refractivity contribution in [2.75, 3.05) is 11.2 Å². The maximum Gasteiger partial charge on any atom is 0.296 e. The summed E-state index contributed by atoms with van der Waals surface area (Å²) in [6.45, 7) is 4.23. The highest BCUT2D eigenvalue weighted by molar-refractivity contribution is 6.18. The van der Waals surface area contributed by atoms with Crippen LogP contribution in [0.25, 0.3) is 11.1 Å². The Kier molecular flexibility index (Phi) is 3.57. The normalized spacial score (nSPS) is 11.9. The fraction of sp³-hybridized carbons (Fsp3) is 0.462. The highest BCUT2D eigenvalue weighted by Crippen LogP contribution is 2.25. The third-order valence-corrected chi connectivity index (χ3v) is 3.79. The lowest BCUT2D eigenvalue weighted by molar-refractivity contribution is 0.460. The molecule has 0 amide bonds. The van der Waals surface area contributed by atoms with Crippen molar-refractivity contribution >= 4 is 28.7 Å². The molecule has 0 aliphatic rings. The average molecular weight is 253 g/mol. The lowest BCUT2D eigenvalue weighted by Crippen LogP contribution is -2.39. The largest absolute Gasteiger partial charge is 0.424 e. The second-order valence-corrected chi connectivity index (χ2v) is 4.50. The number of alkyl halides is 1. The molecule has 1 aromatic carbocycles.